The first kappa shape index (κ1) is 27.3. The van der Waals surface area contributed by atoms with Gasteiger partial charge >= 0.3 is 5.97 Å². The van der Waals surface area contributed by atoms with Gasteiger partial charge in [0.2, 0.25) is 0 Å². The number of carbonyl (C=O) groups excluding carboxylic acids is 1. The zero-order valence-electron chi connectivity index (χ0n) is 23.4. The number of carbonyl (C=O) groups is 1. The van der Waals surface area contributed by atoms with E-state index >= 15 is 0 Å². The van der Waals surface area contributed by atoms with Gasteiger partial charge in [0, 0.05) is 12.5 Å². The zero-order chi connectivity index (χ0) is 27.4. The Hall–Kier alpha value is -3.71. The number of aromatic nitrogens is 3. The fourth-order valence-electron chi connectivity index (χ4n) is 5.12. The van der Waals surface area contributed by atoms with Gasteiger partial charge in [0.1, 0.15) is 11.3 Å². The van der Waals surface area contributed by atoms with Gasteiger partial charge < -0.3 is 14.2 Å². The SMILES string of the molecule is CCn1nnc2c(C)c([C@H](c3ccc(C)c(COCc4ccc(OC)cc4)c3)C(C)(C)C(=O)OC)ccc21. The van der Waals surface area contributed by atoms with E-state index in [2.05, 4.69) is 54.5 Å². The van der Waals surface area contributed by atoms with Crippen LogP contribution in [0.15, 0.2) is 54.6 Å². The first-order valence-electron chi connectivity index (χ1n) is 12.9. The van der Waals surface area contributed by atoms with Crippen molar-refractivity contribution in [2.45, 2.75) is 60.3 Å². The molecule has 4 aromatic rings. The fraction of sp³-hybridized carbons (Fsp3) is 0.387. The lowest BCUT2D eigenvalue weighted by Crippen LogP contribution is -2.34. The standard InChI is InChI=1S/C31H37N3O4/c1-8-34-27-16-15-26(21(3)29(27)32-33-34)28(31(4,5)30(35)37-7)23-12-9-20(2)24(17-23)19-38-18-22-10-13-25(36-6)14-11-22/h9-17,28H,8,18-19H2,1-7H3/t28-/m0/s1. The first-order valence-corrected chi connectivity index (χ1v) is 12.9. The lowest BCUT2D eigenvalue weighted by Gasteiger charge is -2.34. The van der Waals surface area contributed by atoms with Gasteiger partial charge in [0.05, 0.1) is 38.4 Å². The monoisotopic (exact) mass is 515 g/mol. The molecule has 0 aliphatic rings. The summed E-state index contributed by atoms with van der Waals surface area (Å²) in [7, 11) is 3.10. The highest BCUT2D eigenvalue weighted by Crippen LogP contribution is 2.44. The van der Waals surface area contributed by atoms with Gasteiger partial charge in [-0.3, -0.25) is 4.79 Å². The topological polar surface area (TPSA) is 75.5 Å². The molecule has 200 valence electrons. The number of benzene rings is 3. The molecule has 0 saturated carbocycles. The molecule has 38 heavy (non-hydrogen) atoms. The summed E-state index contributed by atoms with van der Waals surface area (Å²) in [5.41, 5.74) is 7.38. The molecule has 0 fully saturated rings. The molecule has 1 heterocycles. The Balaban J connectivity index is 1.70. The molecular formula is C31H37N3O4. The lowest BCUT2D eigenvalue weighted by molar-refractivity contribution is -0.151. The Labute approximate surface area is 224 Å². The fourth-order valence-corrected chi connectivity index (χ4v) is 5.12. The summed E-state index contributed by atoms with van der Waals surface area (Å²) in [6, 6.07) is 18.4. The second-order valence-electron chi connectivity index (χ2n) is 10.2. The van der Waals surface area contributed by atoms with Gasteiger partial charge in [-0.25, -0.2) is 4.68 Å². The molecule has 3 aromatic carbocycles. The minimum atomic E-state index is -0.829. The van der Waals surface area contributed by atoms with E-state index in [1.54, 1.807) is 7.11 Å². The van der Waals surface area contributed by atoms with E-state index in [1.807, 2.05) is 49.7 Å². The molecule has 1 aromatic heterocycles. The van der Waals surface area contributed by atoms with Crippen LogP contribution in [0.25, 0.3) is 11.0 Å². The highest BCUT2D eigenvalue weighted by molar-refractivity contribution is 5.82. The molecule has 0 N–H and O–H groups in total. The number of esters is 1. The second kappa shape index (κ2) is 11.4. The number of hydrogen-bond acceptors (Lipinski definition) is 6. The predicted molar refractivity (Wildman–Crippen MR) is 148 cm³/mol. The molecule has 0 unspecified atom stereocenters. The lowest BCUT2D eigenvalue weighted by atomic mass is 9.69. The van der Waals surface area contributed by atoms with Gasteiger partial charge in [0.25, 0.3) is 0 Å². The number of fused-ring (bicyclic) bond motifs is 1. The van der Waals surface area contributed by atoms with E-state index in [1.165, 1.54) is 7.11 Å². The maximum Gasteiger partial charge on any atom is 0.312 e. The van der Waals surface area contributed by atoms with Crippen molar-refractivity contribution in [2.75, 3.05) is 14.2 Å². The van der Waals surface area contributed by atoms with Gasteiger partial charge in [-0.15, -0.1) is 5.10 Å². The third kappa shape index (κ3) is 5.29. The molecular weight excluding hydrogens is 478 g/mol. The number of nitrogens with zero attached hydrogens (tertiary/aromatic N) is 3. The number of rotatable bonds is 10. The van der Waals surface area contributed by atoms with E-state index in [4.69, 9.17) is 14.2 Å². The van der Waals surface area contributed by atoms with E-state index in [-0.39, 0.29) is 11.9 Å². The molecule has 0 amide bonds. The van der Waals surface area contributed by atoms with Crippen molar-refractivity contribution in [3.63, 3.8) is 0 Å². The Morgan fingerprint density at radius 2 is 1.74 bits per heavy atom. The minimum absolute atomic E-state index is 0.257. The quantitative estimate of drug-likeness (QED) is 0.237. The molecule has 4 rings (SSSR count). The zero-order valence-corrected chi connectivity index (χ0v) is 23.4. The summed E-state index contributed by atoms with van der Waals surface area (Å²) < 4.78 is 18.5. The average Bonchev–Trinajstić information content (AvgIpc) is 3.35. The Morgan fingerprint density at radius 1 is 1.00 bits per heavy atom. The average molecular weight is 516 g/mol. The highest BCUT2D eigenvalue weighted by atomic mass is 16.5. The van der Waals surface area contributed by atoms with Crippen LogP contribution in [0.2, 0.25) is 0 Å². The molecule has 7 nitrogen and oxygen atoms in total. The minimum Gasteiger partial charge on any atom is -0.497 e. The van der Waals surface area contributed by atoms with Crippen LogP contribution in [0.3, 0.4) is 0 Å². The van der Waals surface area contributed by atoms with Crippen LogP contribution < -0.4 is 4.74 Å². The molecule has 1 atom stereocenters. The van der Waals surface area contributed by atoms with Gasteiger partial charge in [-0.1, -0.05) is 41.6 Å². The molecule has 0 spiro atoms. The van der Waals surface area contributed by atoms with Crippen molar-refractivity contribution in [1.29, 1.82) is 0 Å². The van der Waals surface area contributed by atoms with E-state index in [0.717, 1.165) is 56.7 Å². The maximum absolute atomic E-state index is 13.1. The van der Waals surface area contributed by atoms with Crippen LogP contribution >= 0.6 is 0 Å². The van der Waals surface area contributed by atoms with Crippen LogP contribution in [0.4, 0.5) is 0 Å². The summed E-state index contributed by atoms with van der Waals surface area (Å²) in [6.07, 6.45) is 0. The molecule has 0 saturated heterocycles. The molecule has 0 bridgehead atoms. The van der Waals surface area contributed by atoms with E-state index < -0.39 is 5.41 Å². The number of aryl methyl sites for hydroxylation is 3. The summed E-state index contributed by atoms with van der Waals surface area (Å²) in [5, 5.41) is 8.76. The predicted octanol–water partition coefficient (Wildman–Crippen LogP) is 6.12. The second-order valence-corrected chi connectivity index (χ2v) is 10.2. The summed E-state index contributed by atoms with van der Waals surface area (Å²) in [5.74, 6) is 0.298. The van der Waals surface area contributed by atoms with Crippen LogP contribution in [0.1, 0.15) is 60.1 Å². The third-order valence-corrected chi connectivity index (χ3v) is 7.42. The Morgan fingerprint density at radius 3 is 2.39 bits per heavy atom. The third-order valence-electron chi connectivity index (χ3n) is 7.42. The molecule has 0 radical (unpaired) electrons. The Bertz CT molecular complexity index is 1420. The van der Waals surface area contributed by atoms with E-state index in [0.29, 0.717) is 13.2 Å². The summed E-state index contributed by atoms with van der Waals surface area (Å²) in [6.45, 7) is 11.8. The number of hydrogen-bond donors (Lipinski definition) is 0. The van der Waals surface area contributed by atoms with Gasteiger partial charge in [0.15, 0.2) is 0 Å². The van der Waals surface area contributed by atoms with Crippen LogP contribution in [-0.2, 0) is 34.0 Å². The normalized spacial score (nSPS) is 12.5. The summed E-state index contributed by atoms with van der Waals surface area (Å²) in [4.78, 5) is 13.1. The number of ether oxygens (including phenoxy) is 3. The molecule has 0 aliphatic carbocycles. The summed E-state index contributed by atoms with van der Waals surface area (Å²) >= 11 is 0. The van der Waals surface area contributed by atoms with Crippen molar-refractivity contribution in [2.24, 2.45) is 5.41 Å². The largest absolute Gasteiger partial charge is 0.497 e. The van der Waals surface area contributed by atoms with Crippen molar-refractivity contribution in [1.82, 2.24) is 15.0 Å². The number of methoxy groups -OCH3 is 2. The van der Waals surface area contributed by atoms with Crippen molar-refractivity contribution in [3.05, 3.63) is 88.0 Å². The highest BCUT2D eigenvalue weighted by Gasteiger charge is 2.41. The first-order chi connectivity index (χ1) is 18.2. The smallest absolute Gasteiger partial charge is 0.312 e. The van der Waals surface area contributed by atoms with Crippen molar-refractivity contribution >= 4 is 17.0 Å². The van der Waals surface area contributed by atoms with Crippen LogP contribution in [0, 0.1) is 19.3 Å². The van der Waals surface area contributed by atoms with Gasteiger partial charge in [-0.05, 0) is 86.2 Å². The maximum atomic E-state index is 13.1. The van der Waals surface area contributed by atoms with E-state index in [9.17, 15) is 4.79 Å². The van der Waals surface area contributed by atoms with Crippen LogP contribution in [0.5, 0.6) is 5.75 Å². The Kier molecular flexibility index (Phi) is 8.17. The van der Waals surface area contributed by atoms with Crippen LogP contribution in [-0.4, -0.2) is 35.2 Å². The molecule has 7 heteroatoms. The van der Waals surface area contributed by atoms with Crippen molar-refractivity contribution < 1.29 is 19.0 Å². The molecule has 0 aliphatic heterocycles. The van der Waals surface area contributed by atoms with Gasteiger partial charge in [-0.2, -0.15) is 0 Å². The van der Waals surface area contributed by atoms with Crippen molar-refractivity contribution in [3.8, 4) is 5.75 Å².